The van der Waals surface area contributed by atoms with Gasteiger partial charge in [0.2, 0.25) is 0 Å². The predicted molar refractivity (Wildman–Crippen MR) is 65.6 cm³/mol. The Morgan fingerprint density at radius 1 is 1.53 bits per heavy atom. The van der Waals surface area contributed by atoms with Crippen molar-refractivity contribution in [1.82, 2.24) is 0 Å². The minimum absolute atomic E-state index is 0.225. The average molecular weight is 232 g/mol. The molecule has 4 nitrogen and oxygen atoms in total. The highest BCUT2D eigenvalue weighted by molar-refractivity contribution is 5.73. The van der Waals surface area contributed by atoms with Crippen molar-refractivity contribution in [3.8, 4) is 6.07 Å². The highest BCUT2D eigenvalue weighted by Gasteiger charge is 2.16. The molecule has 17 heavy (non-hydrogen) atoms. The van der Waals surface area contributed by atoms with Gasteiger partial charge in [0.05, 0.1) is 24.3 Å². The van der Waals surface area contributed by atoms with Crippen LogP contribution in [0.5, 0.6) is 0 Å². The lowest BCUT2D eigenvalue weighted by molar-refractivity contribution is -0.144. The van der Waals surface area contributed by atoms with E-state index in [4.69, 9.17) is 5.26 Å². The quantitative estimate of drug-likeness (QED) is 0.743. The maximum absolute atomic E-state index is 11.3. The first-order valence-electron chi connectivity index (χ1n) is 5.38. The van der Waals surface area contributed by atoms with E-state index in [1.165, 1.54) is 7.11 Å². The van der Waals surface area contributed by atoms with Crippen LogP contribution in [0.25, 0.3) is 0 Å². The van der Waals surface area contributed by atoms with E-state index in [1.54, 1.807) is 13.0 Å². The first-order chi connectivity index (χ1) is 8.10. The summed E-state index contributed by atoms with van der Waals surface area (Å²) < 4.78 is 4.67. The van der Waals surface area contributed by atoms with Crippen molar-refractivity contribution in [3.05, 3.63) is 29.8 Å². The summed E-state index contributed by atoms with van der Waals surface area (Å²) in [6.45, 7) is 2.32. The Kier molecular flexibility index (Phi) is 4.53. The van der Waals surface area contributed by atoms with Crippen molar-refractivity contribution in [2.24, 2.45) is 5.92 Å². The van der Waals surface area contributed by atoms with E-state index >= 15 is 0 Å². The van der Waals surface area contributed by atoms with Crippen molar-refractivity contribution in [1.29, 1.82) is 5.26 Å². The van der Waals surface area contributed by atoms with Crippen LogP contribution < -0.4 is 4.90 Å². The van der Waals surface area contributed by atoms with Crippen LogP contribution in [0.3, 0.4) is 0 Å². The number of anilines is 1. The summed E-state index contributed by atoms with van der Waals surface area (Å²) in [4.78, 5) is 13.2. The number of nitriles is 1. The molecular formula is C13H16N2O2. The molecule has 1 aromatic rings. The number of hydrogen-bond donors (Lipinski definition) is 0. The first-order valence-corrected chi connectivity index (χ1v) is 5.38. The molecule has 4 heteroatoms. The molecule has 0 bridgehead atoms. The summed E-state index contributed by atoms with van der Waals surface area (Å²) in [6.07, 6.45) is 0. The molecule has 1 rings (SSSR count). The highest BCUT2D eigenvalue weighted by atomic mass is 16.5. The lowest BCUT2D eigenvalue weighted by Crippen LogP contribution is -2.29. The Hall–Kier alpha value is -2.02. The fraction of sp³-hybridized carbons (Fsp3) is 0.385. The van der Waals surface area contributed by atoms with E-state index in [9.17, 15) is 4.79 Å². The second kappa shape index (κ2) is 5.90. The summed E-state index contributed by atoms with van der Waals surface area (Å²) in [5, 5.41) is 8.99. The Morgan fingerprint density at radius 3 is 2.76 bits per heavy atom. The summed E-state index contributed by atoms with van der Waals surface area (Å²) in [7, 11) is 3.23. The zero-order chi connectivity index (χ0) is 12.8. The molecule has 0 radical (unpaired) electrons. The van der Waals surface area contributed by atoms with Gasteiger partial charge in [0.1, 0.15) is 6.07 Å². The number of rotatable bonds is 4. The molecule has 90 valence electrons. The van der Waals surface area contributed by atoms with Crippen LogP contribution in [0.1, 0.15) is 12.5 Å². The van der Waals surface area contributed by atoms with Gasteiger partial charge in [-0.2, -0.15) is 5.26 Å². The predicted octanol–water partition coefficient (Wildman–Crippen LogP) is 1.80. The monoisotopic (exact) mass is 232 g/mol. The first kappa shape index (κ1) is 13.0. The smallest absolute Gasteiger partial charge is 0.310 e. The minimum Gasteiger partial charge on any atom is -0.469 e. The van der Waals surface area contributed by atoms with Crippen LogP contribution in [0.15, 0.2) is 24.3 Å². The number of ether oxygens (including phenoxy) is 1. The largest absolute Gasteiger partial charge is 0.469 e. The maximum atomic E-state index is 11.3. The van der Waals surface area contributed by atoms with E-state index in [2.05, 4.69) is 10.8 Å². The van der Waals surface area contributed by atoms with Crippen molar-refractivity contribution in [2.75, 3.05) is 25.6 Å². The SMILES string of the molecule is COC(=O)C(C)CN(C)c1ccccc1C#N. The molecule has 0 spiro atoms. The van der Waals surface area contributed by atoms with Crippen molar-refractivity contribution in [3.63, 3.8) is 0 Å². The van der Waals surface area contributed by atoms with E-state index < -0.39 is 0 Å². The number of para-hydroxylation sites is 1. The summed E-state index contributed by atoms with van der Waals surface area (Å²) in [5.74, 6) is -0.469. The molecule has 0 saturated heterocycles. The van der Waals surface area contributed by atoms with Gasteiger partial charge in [-0.25, -0.2) is 0 Å². The Labute approximate surface area is 101 Å². The van der Waals surface area contributed by atoms with Crippen LogP contribution in [0.4, 0.5) is 5.69 Å². The third kappa shape index (κ3) is 3.22. The maximum Gasteiger partial charge on any atom is 0.310 e. The van der Waals surface area contributed by atoms with Crippen LogP contribution in [0, 0.1) is 17.2 Å². The van der Waals surface area contributed by atoms with Gasteiger partial charge in [0.25, 0.3) is 0 Å². The standard InChI is InChI=1S/C13H16N2O2/c1-10(13(16)17-3)9-15(2)12-7-5-4-6-11(12)8-14/h4-7,10H,9H2,1-3H3. The van der Waals surface area contributed by atoms with Gasteiger partial charge in [-0.05, 0) is 12.1 Å². The lowest BCUT2D eigenvalue weighted by atomic mass is 10.1. The fourth-order valence-corrected chi connectivity index (χ4v) is 1.69. The van der Waals surface area contributed by atoms with Crippen LogP contribution >= 0.6 is 0 Å². The molecule has 0 heterocycles. The molecule has 0 aliphatic heterocycles. The molecular weight excluding hydrogens is 216 g/mol. The fourth-order valence-electron chi connectivity index (χ4n) is 1.69. The van der Waals surface area contributed by atoms with Crippen LogP contribution in [0.2, 0.25) is 0 Å². The van der Waals surface area contributed by atoms with Gasteiger partial charge in [-0.15, -0.1) is 0 Å². The number of carbonyl (C=O) groups excluding carboxylic acids is 1. The van der Waals surface area contributed by atoms with E-state index in [-0.39, 0.29) is 11.9 Å². The van der Waals surface area contributed by atoms with Gasteiger partial charge >= 0.3 is 5.97 Å². The number of hydrogen-bond acceptors (Lipinski definition) is 4. The number of methoxy groups -OCH3 is 1. The van der Waals surface area contributed by atoms with Gasteiger partial charge in [-0.3, -0.25) is 4.79 Å². The molecule has 0 aliphatic rings. The van der Waals surface area contributed by atoms with Gasteiger partial charge in [-0.1, -0.05) is 19.1 Å². The van der Waals surface area contributed by atoms with E-state index in [0.717, 1.165) is 5.69 Å². The van der Waals surface area contributed by atoms with Gasteiger partial charge in [0.15, 0.2) is 0 Å². The lowest BCUT2D eigenvalue weighted by Gasteiger charge is -2.23. The molecule has 0 amide bonds. The highest BCUT2D eigenvalue weighted by Crippen LogP contribution is 2.19. The number of esters is 1. The molecule has 0 saturated carbocycles. The molecule has 0 fully saturated rings. The molecule has 0 aromatic heterocycles. The molecule has 1 atom stereocenters. The van der Waals surface area contributed by atoms with Crippen molar-refractivity contribution >= 4 is 11.7 Å². The minimum atomic E-state index is -0.244. The zero-order valence-electron chi connectivity index (χ0n) is 10.3. The number of nitrogens with zero attached hydrogens (tertiary/aromatic N) is 2. The van der Waals surface area contributed by atoms with Gasteiger partial charge in [0, 0.05) is 13.6 Å². The summed E-state index contributed by atoms with van der Waals surface area (Å²) in [6, 6.07) is 9.45. The third-order valence-corrected chi connectivity index (χ3v) is 2.59. The summed E-state index contributed by atoms with van der Waals surface area (Å²) in [5.41, 5.74) is 1.43. The van der Waals surface area contributed by atoms with E-state index in [0.29, 0.717) is 12.1 Å². The van der Waals surface area contributed by atoms with Crippen LogP contribution in [-0.4, -0.2) is 26.7 Å². The number of benzene rings is 1. The second-order valence-electron chi connectivity index (χ2n) is 3.93. The van der Waals surface area contributed by atoms with Crippen molar-refractivity contribution < 1.29 is 9.53 Å². The number of carbonyl (C=O) groups is 1. The van der Waals surface area contributed by atoms with Crippen LogP contribution in [-0.2, 0) is 9.53 Å². The average Bonchev–Trinajstić information content (AvgIpc) is 2.37. The van der Waals surface area contributed by atoms with E-state index in [1.807, 2.05) is 30.1 Å². The Morgan fingerprint density at radius 2 is 2.18 bits per heavy atom. The topological polar surface area (TPSA) is 53.3 Å². The third-order valence-electron chi connectivity index (χ3n) is 2.59. The molecule has 1 aromatic carbocycles. The normalized spacial score (nSPS) is 11.4. The second-order valence-corrected chi connectivity index (χ2v) is 3.93. The zero-order valence-corrected chi connectivity index (χ0v) is 10.3. The van der Waals surface area contributed by atoms with Crippen molar-refractivity contribution in [2.45, 2.75) is 6.92 Å². The Balaban J connectivity index is 2.80. The van der Waals surface area contributed by atoms with Gasteiger partial charge < -0.3 is 9.64 Å². The molecule has 1 unspecified atom stereocenters. The molecule has 0 N–H and O–H groups in total. The Bertz CT molecular complexity index is 437. The summed E-state index contributed by atoms with van der Waals surface area (Å²) >= 11 is 0. The molecule has 0 aliphatic carbocycles.